The van der Waals surface area contributed by atoms with Crippen LogP contribution in [0.4, 0.5) is 10.1 Å². The summed E-state index contributed by atoms with van der Waals surface area (Å²) in [6.45, 7) is 0.185. The Morgan fingerprint density at radius 3 is 2.14 bits per heavy atom. The van der Waals surface area contributed by atoms with E-state index in [0.29, 0.717) is 18.5 Å². The van der Waals surface area contributed by atoms with Gasteiger partial charge in [-0.1, -0.05) is 0 Å². The van der Waals surface area contributed by atoms with Gasteiger partial charge in [-0.15, -0.1) is 0 Å². The number of benzene rings is 2. The summed E-state index contributed by atoms with van der Waals surface area (Å²) < 4.78 is 62.9. The van der Waals surface area contributed by atoms with Gasteiger partial charge in [0.05, 0.1) is 9.79 Å². The molecule has 1 fully saturated rings. The molecule has 1 atom stereocenters. The Morgan fingerprint density at radius 1 is 1.00 bits per heavy atom. The van der Waals surface area contributed by atoms with Crippen LogP contribution in [-0.4, -0.2) is 45.9 Å². The second-order valence-corrected chi connectivity index (χ2v) is 10.4. The standard InChI is InChI=1S/C18H19FN2O5S2/c1-27(23,24)15-10-6-14(7-11-15)20-18(22)17-3-2-12-21(17)28(25,26)16-8-4-13(19)5-9-16/h4-11,17H,2-3,12H2,1H3,(H,20,22). The molecule has 1 aliphatic rings. The van der Waals surface area contributed by atoms with Crippen LogP contribution in [-0.2, 0) is 24.7 Å². The van der Waals surface area contributed by atoms with Gasteiger partial charge in [-0.2, -0.15) is 4.31 Å². The minimum absolute atomic E-state index is 0.0777. The first-order valence-corrected chi connectivity index (χ1v) is 11.8. The van der Waals surface area contributed by atoms with E-state index in [9.17, 15) is 26.0 Å². The number of halogens is 1. The molecule has 0 aromatic heterocycles. The summed E-state index contributed by atoms with van der Waals surface area (Å²) in [5, 5.41) is 2.63. The maximum Gasteiger partial charge on any atom is 0.243 e. The highest BCUT2D eigenvalue weighted by molar-refractivity contribution is 7.90. The van der Waals surface area contributed by atoms with Crippen molar-refractivity contribution in [3.8, 4) is 0 Å². The summed E-state index contributed by atoms with van der Waals surface area (Å²) in [6, 6.07) is 9.18. The van der Waals surface area contributed by atoms with E-state index in [4.69, 9.17) is 0 Å². The van der Waals surface area contributed by atoms with Crippen LogP contribution in [0.5, 0.6) is 0 Å². The van der Waals surface area contributed by atoms with Crippen molar-refractivity contribution in [2.24, 2.45) is 0 Å². The van der Waals surface area contributed by atoms with E-state index in [2.05, 4.69) is 5.32 Å². The second kappa shape index (κ2) is 7.61. The fraction of sp³-hybridized carbons (Fsp3) is 0.278. The van der Waals surface area contributed by atoms with Crippen molar-refractivity contribution in [3.63, 3.8) is 0 Å². The molecule has 28 heavy (non-hydrogen) atoms. The quantitative estimate of drug-likeness (QED) is 0.788. The van der Waals surface area contributed by atoms with Crippen molar-refractivity contribution in [2.45, 2.75) is 28.7 Å². The minimum atomic E-state index is -3.94. The lowest BCUT2D eigenvalue weighted by Gasteiger charge is -2.23. The molecule has 1 amide bonds. The van der Waals surface area contributed by atoms with Crippen molar-refractivity contribution in [2.75, 3.05) is 18.1 Å². The monoisotopic (exact) mass is 426 g/mol. The average Bonchev–Trinajstić information content (AvgIpc) is 3.12. The van der Waals surface area contributed by atoms with Crippen LogP contribution in [0.3, 0.4) is 0 Å². The molecule has 1 unspecified atom stereocenters. The summed E-state index contributed by atoms with van der Waals surface area (Å²) in [5.41, 5.74) is 0.364. The Bertz CT molecular complexity index is 1080. The van der Waals surface area contributed by atoms with Gasteiger partial charge in [0.1, 0.15) is 11.9 Å². The van der Waals surface area contributed by atoms with Crippen LogP contribution in [0.15, 0.2) is 58.3 Å². The Kier molecular flexibility index (Phi) is 5.55. The van der Waals surface area contributed by atoms with Gasteiger partial charge >= 0.3 is 0 Å². The van der Waals surface area contributed by atoms with Crippen LogP contribution in [0.2, 0.25) is 0 Å². The predicted molar refractivity (Wildman–Crippen MR) is 101 cm³/mol. The number of hydrogen-bond acceptors (Lipinski definition) is 5. The van der Waals surface area contributed by atoms with Gasteiger partial charge in [0, 0.05) is 18.5 Å². The number of anilines is 1. The van der Waals surface area contributed by atoms with Gasteiger partial charge in [-0.3, -0.25) is 4.79 Å². The van der Waals surface area contributed by atoms with Crippen LogP contribution < -0.4 is 5.32 Å². The van der Waals surface area contributed by atoms with Gasteiger partial charge in [-0.25, -0.2) is 21.2 Å². The highest BCUT2D eigenvalue weighted by Gasteiger charge is 2.39. The van der Waals surface area contributed by atoms with Gasteiger partial charge in [0.2, 0.25) is 15.9 Å². The molecule has 3 rings (SSSR count). The molecule has 7 nitrogen and oxygen atoms in total. The van der Waals surface area contributed by atoms with Crippen molar-refractivity contribution < 1.29 is 26.0 Å². The van der Waals surface area contributed by atoms with Crippen LogP contribution >= 0.6 is 0 Å². The van der Waals surface area contributed by atoms with E-state index >= 15 is 0 Å². The van der Waals surface area contributed by atoms with Crippen LogP contribution in [0.1, 0.15) is 12.8 Å². The number of amides is 1. The lowest BCUT2D eigenvalue weighted by molar-refractivity contribution is -0.119. The van der Waals surface area contributed by atoms with Gasteiger partial charge < -0.3 is 5.32 Å². The molecular weight excluding hydrogens is 407 g/mol. The van der Waals surface area contributed by atoms with E-state index in [-0.39, 0.29) is 16.3 Å². The normalized spacial score (nSPS) is 18.1. The highest BCUT2D eigenvalue weighted by Crippen LogP contribution is 2.27. The molecule has 1 heterocycles. The molecule has 0 spiro atoms. The maximum atomic E-state index is 13.1. The minimum Gasteiger partial charge on any atom is -0.325 e. The molecular formula is C18H19FN2O5S2. The number of nitrogens with one attached hydrogen (secondary N) is 1. The first-order valence-electron chi connectivity index (χ1n) is 8.47. The molecule has 0 radical (unpaired) electrons. The molecule has 2 aromatic rings. The molecule has 0 aliphatic carbocycles. The Hall–Kier alpha value is -2.30. The third kappa shape index (κ3) is 4.23. The van der Waals surface area contributed by atoms with E-state index in [1.165, 1.54) is 36.4 Å². The van der Waals surface area contributed by atoms with Gasteiger partial charge in [0.25, 0.3) is 0 Å². The van der Waals surface area contributed by atoms with Crippen LogP contribution in [0.25, 0.3) is 0 Å². The number of sulfone groups is 1. The third-order valence-electron chi connectivity index (χ3n) is 4.48. The van der Waals surface area contributed by atoms with Crippen LogP contribution in [0, 0.1) is 5.82 Å². The maximum absolute atomic E-state index is 13.1. The summed E-state index contributed by atoms with van der Waals surface area (Å²) in [5.74, 6) is -1.05. The first kappa shape index (κ1) is 20.4. The summed E-state index contributed by atoms with van der Waals surface area (Å²) >= 11 is 0. The molecule has 1 saturated heterocycles. The Morgan fingerprint density at radius 2 is 1.57 bits per heavy atom. The topological polar surface area (TPSA) is 101 Å². The Labute approximate surface area is 163 Å². The summed E-state index contributed by atoms with van der Waals surface area (Å²) in [4.78, 5) is 12.7. The lowest BCUT2D eigenvalue weighted by atomic mass is 10.2. The fourth-order valence-corrected chi connectivity index (χ4v) is 5.33. The largest absolute Gasteiger partial charge is 0.325 e. The molecule has 1 aliphatic heterocycles. The molecule has 0 saturated carbocycles. The number of sulfonamides is 1. The van der Waals surface area contributed by atoms with E-state index in [1.54, 1.807) is 0 Å². The van der Waals surface area contributed by atoms with E-state index < -0.39 is 37.6 Å². The zero-order valence-electron chi connectivity index (χ0n) is 15.0. The first-order chi connectivity index (χ1) is 13.1. The van der Waals surface area contributed by atoms with E-state index in [0.717, 1.165) is 22.7 Å². The fourth-order valence-electron chi connectivity index (χ4n) is 3.04. The SMILES string of the molecule is CS(=O)(=O)c1ccc(NC(=O)C2CCCN2S(=O)(=O)c2ccc(F)cc2)cc1. The average molecular weight is 426 g/mol. The molecule has 0 bridgehead atoms. The van der Waals surface area contributed by atoms with Gasteiger partial charge in [-0.05, 0) is 61.4 Å². The third-order valence-corrected chi connectivity index (χ3v) is 7.53. The molecule has 2 aromatic carbocycles. The van der Waals surface area contributed by atoms with Crippen molar-refractivity contribution in [3.05, 3.63) is 54.3 Å². The number of hydrogen-bond donors (Lipinski definition) is 1. The zero-order valence-corrected chi connectivity index (χ0v) is 16.6. The molecule has 10 heteroatoms. The number of nitrogens with zero attached hydrogens (tertiary/aromatic N) is 1. The van der Waals surface area contributed by atoms with Crippen molar-refractivity contribution in [1.82, 2.24) is 4.31 Å². The Balaban J connectivity index is 1.78. The van der Waals surface area contributed by atoms with Gasteiger partial charge in [0.15, 0.2) is 9.84 Å². The summed E-state index contributed by atoms with van der Waals surface area (Å²) in [6.07, 6.45) is 1.95. The van der Waals surface area contributed by atoms with Crippen molar-refractivity contribution >= 4 is 31.5 Å². The second-order valence-electron chi connectivity index (χ2n) is 6.51. The molecule has 1 N–H and O–H groups in total. The zero-order chi connectivity index (χ0) is 20.5. The summed E-state index contributed by atoms with van der Waals surface area (Å²) in [7, 11) is -7.29. The highest BCUT2D eigenvalue weighted by atomic mass is 32.2. The number of rotatable bonds is 5. The smallest absolute Gasteiger partial charge is 0.243 e. The number of carbonyl (C=O) groups excluding carboxylic acids is 1. The number of carbonyl (C=O) groups is 1. The predicted octanol–water partition coefficient (Wildman–Crippen LogP) is 2.02. The molecule has 150 valence electrons. The lowest BCUT2D eigenvalue weighted by Crippen LogP contribution is -2.43. The van der Waals surface area contributed by atoms with E-state index in [1.807, 2.05) is 0 Å². The van der Waals surface area contributed by atoms with Crippen molar-refractivity contribution in [1.29, 1.82) is 0 Å².